The van der Waals surface area contributed by atoms with E-state index in [0.29, 0.717) is 31.0 Å². The van der Waals surface area contributed by atoms with Crippen molar-refractivity contribution in [3.8, 4) is 0 Å². The quantitative estimate of drug-likeness (QED) is 0.489. The SMILES string of the molecule is CCCOCCOC(=O)Cn1c(CN(C)C)nc2sc(C)c(C)c2c1=O. The molecular weight excluding hydrogens is 354 g/mol. The number of aromatic nitrogens is 2. The van der Waals surface area contributed by atoms with Crippen LogP contribution in [0.15, 0.2) is 4.79 Å². The third-order valence-electron chi connectivity index (χ3n) is 3.95. The van der Waals surface area contributed by atoms with E-state index in [4.69, 9.17) is 9.47 Å². The smallest absolute Gasteiger partial charge is 0.326 e. The number of hydrogen-bond donors (Lipinski definition) is 0. The number of rotatable bonds is 9. The lowest BCUT2D eigenvalue weighted by atomic mass is 10.2. The Labute approximate surface area is 157 Å². The third kappa shape index (κ3) is 4.90. The highest BCUT2D eigenvalue weighted by molar-refractivity contribution is 7.18. The highest BCUT2D eigenvalue weighted by atomic mass is 32.1. The fourth-order valence-corrected chi connectivity index (χ4v) is 3.61. The molecular formula is C18H27N3O4S. The largest absolute Gasteiger partial charge is 0.462 e. The molecule has 2 heterocycles. The average Bonchev–Trinajstić information content (AvgIpc) is 2.85. The van der Waals surface area contributed by atoms with E-state index in [9.17, 15) is 9.59 Å². The van der Waals surface area contributed by atoms with Crippen LogP contribution >= 0.6 is 11.3 Å². The van der Waals surface area contributed by atoms with Crippen LogP contribution in [0.4, 0.5) is 0 Å². The molecule has 7 nitrogen and oxygen atoms in total. The molecule has 0 N–H and O–H groups in total. The standard InChI is InChI=1S/C18H27N3O4S/c1-6-7-24-8-9-25-15(22)11-21-14(10-20(4)5)19-17-16(18(21)23)12(2)13(3)26-17/h6-11H2,1-5H3. The molecule has 2 rings (SSSR count). The molecule has 0 atom stereocenters. The predicted molar refractivity (Wildman–Crippen MR) is 103 cm³/mol. The van der Waals surface area contributed by atoms with Crippen molar-refractivity contribution in [2.75, 3.05) is 33.9 Å². The molecule has 0 amide bonds. The summed E-state index contributed by atoms with van der Waals surface area (Å²) in [5, 5.41) is 0.592. The molecule has 0 radical (unpaired) electrons. The minimum atomic E-state index is -0.460. The number of thiophene rings is 1. The first-order valence-corrected chi connectivity index (χ1v) is 9.54. The summed E-state index contributed by atoms with van der Waals surface area (Å²) in [5.41, 5.74) is 0.738. The molecule has 2 aromatic rings. The molecule has 0 spiro atoms. The number of ether oxygens (including phenoxy) is 2. The number of carbonyl (C=O) groups excluding carboxylic acids is 1. The number of hydrogen-bond acceptors (Lipinski definition) is 7. The zero-order valence-electron chi connectivity index (χ0n) is 16.1. The Balaban J connectivity index is 2.26. The number of carbonyl (C=O) groups is 1. The molecule has 0 saturated carbocycles. The first-order chi connectivity index (χ1) is 12.3. The van der Waals surface area contributed by atoms with Crippen LogP contribution < -0.4 is 5.56 Å². The molecule has 0 saturated heterocycles. The van der Waals surface area contributed by atoms with Gasteiger partial charge < -0.3 is 14.4 Å². The van der Waals surface area contributed by atoms with Crippen LogP contribution in [0.2, 0.25) is 0 Å². The summed E-state index contributed by atoms with van der Waals surface area (Å²) in [5.74, 6) is 0.103. The van der Waals surface area contributed by atoms with Crippen molar-refractivity contribution in [1.29, 1.82) is 0 Å². The van der Waals surface area contributed by atoms with Gasteiger partial charge in [0, 0.05) is 11.5 Å². The monoisotopic (exact) mass is 381 g/mol. The zero-order chi connectivity index (χ0) is 19.3. The lowest BCUT2D eigenvalue weighted by molar-refractivity contribution is -0.146. The second kappa shape index (κ2) is 9.25. The Kier molecular flexibility index (Phi) is 7.31. The van der Waals surface area contributed by atoms with E-state index in [2.05, 4.69) is 4.98 Å². The number of nitrogens with zero attached hydrogens (tertiary/aromatic N) is 3. The number of aryl methyl sites for hydroxylation is 2. The van der Waals surface area contributed by atoms with Crippen LogP contribution in [-0.4, -0.2) is 54.3 Å². The summed E-state index contributed by atoms with van der Waals surface area (Å²) in [6, 6.07) is 0. The van der Waals surface area contributed by atoms with E-state index < -0.39 is 5.97 Å². The van der Waals surface area contributed by atoms with Crippen LogP contribution in [0.1, 0.15) is 29.6 Å². The topological polar surface area (TPSA) is 73.7 Å². The van der Waals surface area contributed by atoms with Crippen LogP contribution in [0.25, 0.3) is 10.2 Å². The van der Waals surface area contributed by atoms with E-state index in [-0.39, 0.29) is 18.7 Å². The molecule has 0 aliphatic carbocycles. The van der Waals surface area contributed by atoms with Gasteiger partial charge >= 0.3 is 5.97 Å². The predicted octanol–water partition coefficient (Wildman–Crippen LogP) is 2.11. The van der Waals surface area contributed by atoms with Crippen LogP contribution in [0.3, 0.4) is 0 Å². The van der Waals surface area contributed by atoms with E-state index in [1.165, 1.54) is 15.9 Å². The molecule has 26 heavy (non-hydrogen) atoms. The van der Waals surface area contributed by atoms with Gasteiger partial charge in [0.15, 0.2) is 0 Å². The first kappa shape index (κ1) is 20.5. The lowest BCUT2D eigenvalue weighted by Crippen LogP contribution is -2.31. The van der Waals surface area contributed by atoms with E-state index in [0.717, 1.165) is 21.7 Å². The normalized spacial score (nSPS) is 11.5. The van der Waals surface area contributed by atoms with Crippen molar-refractivity contribution in [2.45, 2.75) is 40.3 Å². The summed E-state index contributed by atoms with van der Waals surface area (Å²) in [6.07, 6.45) is 0.919. The summed E-state index contributed by atoms with van der Waals surface area (Å²) in [7, 11) is 3.80. The maximum atomic E-state index is 13.0. The van der Waals surface area contributed by atoms with Gasteiger partial charge in [0.05, 0.1) is 18.5 Å². The van der Waals surface area contributed by atoms with Gasteiger partial charge in [-0.15, -0.1) is 11.3 Å². The van der Waals surface area contributed by atoms with Gasteiger partial charge in [-0.1, -0.05) is 6.92 Å². The van der Waals surface area contributed by atoms with Gasteiger partial charge in [-0.2, -0.15) is 0 Å². The maximum absolute atomic E-state index is 13.0. The summed E-state index contributed by atoms with van der Waals surface area (Å²) >= 11 is 1.51. The fraction of sp³-hybridized carbons (Fsp3) is 0.611. The minimum absolute atomic E-state index is 0.146. The molecule has 0 aromatic carbocycles. The van der Waals surface area contributed by atoms with Crippen molar-refractivity contribution in [3.05, 3.63) is 26.6 Å². The molecule has 0 fully saturated rings. The van der Waals surface area contributed by atoms with E-state index in [1.807, 2.05) is 39.8 Å². The second-order valence-corrected chi connectivity index (χ2v) is 7.66. The highest BCUT2D eigenvalue weighted by Crippen LogP contribution is 2.26. The van der Waals surface area contributed by atoms with Crippen molar-refractivity contribution >= 4 is 27.5 Å². The second-order valence-electron chi connectivity index (χ2n) is 6.45. The Morgan fingerprint density at radius 2 is 1.96 bits per heavy atom. The summed E-state index contributed by atoms with van der Waals surface area (Å²) < 4.78 is 11.9. The van der Waals surface area contributed by atoms with Gasteiger partial charge in [-0.25, -0.2) is 4.98 Å². The van der Waals surface area contributed by atoms with Gasteiger partial charge in [0.25, 0.3) is 5.56 Å². The van der Waals surface area contributed by atoms with Crippen molar-refractivity contribution in [3.63, 3.8) is 0 Å². The maximum Gasteiger partial charge on any atom is 0.326 e. The van der Waals surface area contributed by atoms with Crippen LogP contribution in [0.5, 0.6) is 0 Å². The zero-order valence-corrected chi connectivity index (χ0v) is 16.9. The molecule has 0 aliphatic rings. The number of esters is 1. The van der Waals surface area contributed by atoms with Gasteiger partial charge in [0.2, 0.25) is 0 Å². The molecule has 0 aliphatic heterocycles. The third-order valence-corrected chi connectivity index (χ3v) is 5.05. The number of fused-ring (bicyclic) bond motifs is 1. The summed E-state index contributed by atoms with van der Waals surface area (Å²) in [4.78, 5) is 33.5. The Bertz CT molecular complexity index is 826. The average molecular weight is 381 g/mol. The molecule has 2 aromatic heterocycles. The van der Waals surface area contributed by atoms with Gasteiger partial charge in [0.1, 0.15) is 23.8 Å². The fourth-order valence-electron chi connectivity index (χ4n) is 2.57. The Morgan fingerprint density at radius 1 is 1.23 bits per heavy atom. The molecule has 144 valence electrons. The Morgan fingerprint density at radius 3 is 2.62 bits per heavy atom. The highest BCUT2D eigenvalue weighted by Gasteiger charge is 2.19. The summed E-state index contributed by atoms with van der Waals surface area (Å²) in [6.45, 7) is 7.41. The Hall–Kier alpha value is -1.77. The molecule has 0 bridgehead atoms. The van der Waals surface area contributed by atoms with Crippen molar-refractivity contribution < 1.29 is 14.3 Å². The molecule has 8 heteroatoms. The van der Waals surface area contributed by atoms with Gasteiger partial charge in [-0.05, 0) is 39.9 Å². The van der Waals surface area contributed by atoms with Crippen molar-refractivity contribution in [2.24, 2.45) is 0 Å². The first-order valence-electron chi connectivity index (χ1n) is 8.72. The minimum Gasteiger partial charge on any atom is -0.462 e. The van der Waals surface area contributed by atoms with Gasteiger partial charge in [-0.3, -0.25) is 14.2 Å². The van der Waals surface area contributed by atoms with E-state index in [1.54, 1.807) is 0 Å². The van der Waals surface area contributed by atoms with Crippen LogP contribution in [0, 0.1) is 13.8 Å². The van der Waals surface area contributed by atoms with Crippen molar-refractivity contribution in [1.82, 2.24) is 14.5 Å². The lowest BCUT2D eigenvalue weighted by Gasteiger charge is -2.15. The van der Waals surface area contributed by atoms with E-state index >= 15 is 0 Å². The van der Waals surface area contributed by atoms with Crippen LogP contribution in [-0.2, 0) is 27.4 Å². The molecule has 0 unspecified atom stereocenters.